The first-order valence-corrected chi connectivity index (χ1v) is 9.82. The number of rotatable bonds is 6. The van der Waals surface area contributed by atoms with Gasteiger partial charge in [0.1, 0.15) is 11.6 Å². The van der Waals surface area contributed by atoms with Crippen LogP contribution in [-0.2, 0) is 27.3 Å². The third kappa shape index (κ3) is 4.59. The van der Waals surface area contributed by atoms with E-state index in [1.165, 1.54) is 16.6 Å². The number of pyridine rings is 1. The Hall–Kier alpha value is -3.42. The Morgan fingerprint density at radius 3 is 2.60 bits per heavy atom. The highest BCUT2D eigenvalue weighted by molar-refractivity contribution is 6.00. The number of esters is 1. The van der Waals surface area contributed by atoms with Crippen molar-refractivity contribution in [2.75, 3.05) is 20.2 Å². The molecular weight excluding hydrogens is 386 g/mol. The summed E-state index contributed by atoms with van der Waals surface area (Å²) < 4.78 is 6.16. The van der Waals surface area contributed by atoms with Crippen LogP contribution >= 0.6 is 0 Å². The Kier molecular flexibility index (Phi) is 6.66. The summed E-state index contributed by atoms with van der Waals surface area (Å²) in [5.41, 5.74) is 1.24. The van der Waals surface area contributed by atoms with Crippen LogP contribution in [0.15, 0.2) is 47.4 Å². The van der Waals surface area contributed by atoms with Crippen LogP contribution in [-0.4, -0.2) is 53.5 Å². The summed E-state index contributed by atoms with van der Waals surface area (Å²) in [6.07, 6.45) is 2.06. The largest absolute Gasteiger partial charge is 0.469 e. The molecule has 0 aliphatic carbocycles. The van der Waals surface area contributed by atoms with Crippen molar-refractivity contribution in [2.24, 2.45) is 0 Å². The second-order valence-corrected chi connectivity index (χ2v) is 7.19. The van der Waals surface area contributed by atoms with E-state index in [2.05, 4.69) is 10.1 Å². The first-order valence-electron chi connectivity index (χ1n) is 9.82. The number of carbonyl (C=O) groups excluding carboxylic acids is 3. The van der Waals surface area contributed by atoms with Gasteiger partial charge in [0.05, 0.1) is 13.5 Å². The van der Waals surface area contributed by atoms with Crippen LogP contribution in [0.2, 0.25) is 0 Å². The van der Waals surface area contributed by atoms with Gasteiger partial charge in [-0.3, -0.25) is 19.2 Å². The minimum absolute atomic E-state index is 0.0233. The lowest BCUT2D eigenvalue weighted by Crippen LogP contribution is -2.58. The summed E-state index contributed by atoms with van der Waals surface area (Å²) in [6, 6.07) is 10.5. The molecule has 158 valence electrons. The van der Waals surface area contributed by atoms with Gasteiger partial charge in [-0.05, 0) is 30.5 Å². The zero-order valence-corrected chi connectivity index (χ0v) is 17.1. The molecule has 0 spiro atoms. The third-order valence-corrected chi connectivity index (χ3v) is 5.25. The van der Waals surface area contributed by atoms with E-state index in [1.54, 1.807) is 19.2 Å². The average Bonchev–Trinajstić information content (AvgIpc) is 2.75. The molecule has 2 amide bonds. The van der Waals surface area contributed by atoms with Gasteiger partial charge < -0.3 is 19.5 Å². The number of hydrogen-bond donors (Lipinski definition) is 1. The number of carbonyl (C=O) groups is 3. The Morgan fingerprint density at radius 1 is 1.17 bits per heavy atom. The Balaban J connectivity index is 1.87. The van der Waals surface area contributed by atoms with E-state index in [-0.39, 0.29) is 25.1 Å². The fourth-order valence-corrected chi connectivity index (χ4v) is 3.54. The number of hydrogen-bond acceptors (Lipinski definition) is 5. The van der Waals surface area contributed by atoms with Crippen LogP contribution in [0, 0.1) is 6.92 Å². The number of ether oxygens (including phenoxy) is 1. The molecule has 1 aliphatic heterocycles. The summed E-state index contributed by atoms with van der Waals surface area (Å²) in [5, 5.41) is 2.65. The number of amides is 2. The summed E-state index contributed by atoms with van der Waals surface area (Å²) >= 11 is 0. The van der Waals surface area contributed by atoms with Crippen LogP contribution in [0.4, 0.5) is 0 Å². The molecule has 1 aromatic heterocycles. The van der Waals surface area contributed by atoms with E-state index in [0.717, 1.165) is 5.56 Å². The lowest BCUT2D eigenvalue weighted by molar-refractivity contribution is -0.145. The van der Waals surface area contributed by atoms with Gasteiger partial charge in [-0.2, -0.15) is 0 Å². The topological polar surface area (TPSA) is 97.7 Å². The van der Waals surface area contributed by atoms with Crippen molar-refractivity contribution in [1.29, 1.82) is 0 Å². The number of nitrogens with one attached hydrogen (secondary N) is 1. The lowest BCUT2D eigenvalue weighted by atomic mass is 10.0. The summed E-state index contributed by atoms with van der Waals surface area (Å²) in [5.74, 6) is -1.58. The molecule has 1 atom stereocenters. The molecule has 0 saturated carbocycles. The molecular formula is C22H25N3O5. The minimum Gasteiger partial charge on any atom is -0.469 e. The van der Waals surface area contributed by atoms with Crippen molar-refractivity contribution in [2.45, 2.75) is 32.4 Å². The van der Waals surface area contributed by atoms with E-state index in [1.807, 2.05) is 30.3 Å². The molecule has 0 radical (unpaired) electrons. The number of piperazine rings is 1. The van der Waals surface area contributed by atoms with E-state index >= 15 is 0 Å². The average molecular weight is 411 g/mol. The molecule has 8 heteroatoms. The highest BCUT2D eigenvalue weighted by Crippen LogP contribution is 2.15. The van der Waals surface area contributed by atoms with E-state index in [9.17, 15) is 19.2 Å². The molecule has 3 rings (SSSR count). The van der Waals surface area contributed by atoms with Crippen molar-refractivity contribution in [3.8, 4) is 0 Å². The van der Waals surface area contributed by atoms with Gasteiger partial charge in [0.15, 0.2) is 0 Å². The van der Waals surface area contributed by atoms with Gasteiger partial charge in [-0.25, -0.2) is 0 Å². The zero-order chi connectivity index (χ0) is 21.7. The number of aromatic nitrogens is 1. The predicted molar refractivity (Wildman–Crippen MR) is 110 cm³/mol. The quantitative estimate of drug-likeness (QED) is 0.713. The number of aryl methyl sites for hydroxylation is 3. The standard InChI is InChI=1S/C22H25N3O5/c1-15-8-11-24(12-9-16-6-4-3-5-7-16)21(28)19(15)22(29)25-13-10-23-20(27)17(25)14-18(26)30-2/h3-8,11,17H,9-10,12-14H2,1-2H3,(H,23,27). The first-order chi connectivity index (χ1) is 14.4. The van der Waals surface area contributed by atoms with Gasteiger partial charge in [0.2, 0.25) is 5.91 Å². The molecule has 2 aromatic rings. The van der Waals surface area contributed by atoms with Crippen molar-refractivity contribution < 1.29 is 19.1 Å². The molecule has 1 N–H and O–H groups in total. The highest BCUT2D eigenvalue weighted by Gasteiger charge is 2.36. The number of nitrogens with zero attached hydrogens (tertiary/aromatic N) is 2. The smallest absolute Gasteiger partial charge is 0.308 e. The molecule has 1 saturated heterocycles. The van der Waals surface area contributed by atoms with Crippen LogP contribution in [0.3, 0.4) is 0 Å². The molecule has 1 unspecified atom stereocenters. The molecule has 1 aliphatic rings. The van der Waals surface area contributed by atoms with Crippen molar-refractivity contribution in [1.82, 2.24) is 14.8 Å². The fraction of sp³-hybridized carbons (Fsp3) is 0.364. The van der Waals surface area contributed by atoms with E-state index in [4.69, 9.17) is 0 Å². The zero-order valence-electron chi connectivity index (χ0n) is 17.1. The van der Waals surface area contributed by atoms with Gasteiger partial charge in [-0.1, -0.05) is 30.3 Å². The molecule has 2 heterocycles. The third-order valence-electron chi connectivity index (χ3n) is 5.25. The molecule has 0 bridgehead atoms. The number of methoxy groups -OCH3 is 1. The van der Waals surface area contributed by atoms with Gasteiger partial charge >= 0.3 is 5.97 Å². The fourth-order valence-electron chi connectivity index (χ4n) is 3.54. The van der Waals surface area contributed by atoms with Crippen LogP contribution in [0.1, 0.15) is 27.9 Å². The second kappa shape index (κ2) is 9.39. The van der Waals surface area contributed by atoms with Crippen molar-refractivity contribution in [3.05, 3.63) is 69.6 Å². The Morgan fingerprint density at radius 2 is 1.90 bits per heavy atom. The highest BCUT2D eigenvalue weighted by atomic mass is 16.5. The molecule has 8 nitrogen and oxygen atoms in total. The number of benzene rings is 1. The van der Waals surface area contributed by atoms with Gasteiger partial charge in [0, 0.05) is 25.8 Å². The normalized spacial score (nSPS) is 16.1. The summed E-state index contributed by atoms with van der Waals surface area (Å²) in [4.78, 5) is 51.7. The van der Waals surface area contributed by atoms with E-state index in [0.29, 0.717) is 18.5 Å². The SMILES string of the molecule is COC(=O)CC1C(=O)NCCN1C(=O)c1c(C)ccn(CCc2ccccc2)c1=O. The summed E-state index contributed by atoms with van der Waals surface area (Å²) in [6.45, 7) is 2.59. The Bertz CT molecular complexity index is 1000. The molecule has 1 fully saturated rings. The van der Waals surface area contributed by atoms with Gasteiger partial charge in [-0.15, -0.1) is 0 Å². The monoisotopic (exact) mass is 411 g/mol. The van der Waals surface area contributed by atoms with Crippen LogP contribution in [0.5, 0.6) is 0 Å². The summed E-state index contributed by atoms with van der Waals surface area (Å²) in [7, 11) is 1.22. The van der Waals surface area contributed by atoms with Crippen molar-refractivity contribution >= 4 is 17.8 Å². The van der Waals surface area contributed by atoms with Crippen LogP contribution in [0.25, 0.3) is 0 Å². The first kappa shape index (κ1) is 21.3. The maximum atomic E-state index is 13.3. The predicted octanol–water partition coefficient (Wildman–Crippen LogP) is 0.903. The second-order valence-electron chi connectivity index (χ2n) is 7.19. The maximum Gasteiger partial charge on any atom is 0.308 e. The Labute approximate surface area is 174 Å². The van der Waals surface area contributed by atoms with E-state index < -0.39 is 29.4 Å². The lowest BCUT2D eigenvalue weighted by Gasteiger charge is -2.34. The maximum absolute atomic E-state index is 13.3. The van der Waals surface area contributed by atoms with Crippen molar-refractivity contribution in [3.63, 3.8) is 0 Å². The molecule has 30 heavy (non-hydrogen) atoms. The minimum atomic E-state index is -1.00. The van der Waals surface area contributed by atoms with Gasteiger partial charge in [0.25, 0.3) is 11.5 Å². The molecule has 1 aromatic carbocycles. The van der Waals surface area contributed by atoms with Crippen LogP contribution < -0.4 is 10.9 Å².